The molecule has 9 heteroatoms. The van der Waals surface area contributed by atoms with Gasteiger partial charge in [-0.3, -0.25) is 5.01 Å². The van der Waals surface area contributed by atoms with Crippen LogP contribution in [0.4, 0.5) is 0 Å². The lowest BCUT2D eigenvalue weighted by molar-refractivity contribution is 0.468. The Kier molecular flexibility index (Phi) is 4.61. The van der Waals surface area contributed by atoms with Crippen molar-refractivity contribution in [2.45, 2.75) is 36.7 Å². The van der Waals surface area contributed by atoms with E-state index in [2.05, 4.69) is 64.1 Å². The fraction of sp³-hybridized carbons (Fsp3) is 0.333. The van der Waals surface area contributed by atoms with E-state index in [0.717, 1.165) is 35.8 Å². The van der Waals surface area contributed by atoms with Gasteiger partial charge in [0, 0.05) is 11.8 Å². The molecule has 2 aromatic rings. The molecule has 0 fully saturated rings. The van der Waals surface area contributed by atoms with Gasteiger partial charge in [-0.15, -0.1) is 10.2 Å². The first-order chi connectivity index (χ1) is 11.6. The number of hydrogen-bond donors (Lipinski definition) is 1. The summed E-state index contributed by atoms with van der Waals surface area (Å²) in [6, 6.07) is 3.93. The zero-order chi connectivity index (χ0) is 16.8. The lowest BCUT2D eigenvalue weighted by Gasteiger charge is -2.26. The number of halogens is 2. The molecule has 1 unspecified atom stereocenters. The highest BCUT2D eigenvalue weighted by molar-refractivity contribution is 9.11. The summed E-state index contributed by atoms with van der Waals surface area (Å²) in [6.45, 7) is 2.18. The molecule has 126 valence electrons. The average molecular weight is 490 g/mol. The second-order valence-corrected chi connectivity index (χ2v) is 9.19. The van der Waals surface area contributed by atoms with Crippen molar-refractivity contribution in [3.63, 3.8) is 0 Å². The lowest BCUT2D eigenvalue weighted by Crippen LogP contribution is -2.30. The van der Waals surface area contributed by atoms with Crippen LogP contribution in [0.5, 0.6) is 5.75 Å². The van der Waals surface area contributed by atoms with Crippen LogP contribution in [0.3, 0.4) is 0 Å². The van der Waals surface area contributed by atoms with Gasteiger partial charge in [-0.2, -0.15) is 0 Å². The molecule has 2 aliphatic heterocycles. The highest BCUT2D eigenvalue weighted by Crippen LogP contribution is 2.52. The number of nitrogens with zero attached hydrogens (tertiary/aromatic N) is 4. The van der Waals surface area contributed by atoms with E-state index in [-0.39, 0.29) is 11.1 Å². The molecule has 0 radical (unpaired) electrons. The van der Waals surface area contributed by atoms with Crippen LogP contribution in [-0.2, 0) is 6.42 Å². The van der Waals surface area contributed by atoms with E-state index in [4.69, 9.17) is 0 Å². The number of rotatable bonds is 4. The van der Waals surface area contributed by atoms with Crippen LogP contribution < -0.4 is 5.01 Å². The molecule has 0 saturated heterocycles. The fourth-order valence-corrected chi connectivity index (χ4v) is 6.18. The molecule has 0 amide bonds. The van der Waals surface area contributed by atoms with Crippen LogP contribution in [0.25, 0.3) is 0 Å². The van der Waals surface area contributed by atoms with Crippen LogP contribution in [0.15, 0.2) is 36.7 Å². The smallest absolute Gasteiger partial charge is 0.216 e. The van der Waals surface area contributed by atoms with Crippen molar-refractivity contribution < 1.29 is 5.11 Å². The highest BCUT2D eigenvalue weighted by atomic mass is 79.9. The quantitative estimate of drug-likeness (QED) is 0.641. The SMILES string of the molecule is CCCCc1nnc2n1N1C(=CSC1c1cc(Br)c(O)c(Br)c1)S2. The van der Waals surface area contributed by atoms with Crippen molar-refractivity contribution in [3.05, 3.63) is 42.9 Å². The summed E-state index contributed by atoms with van der Waals surface area (Å²) in [4.78, 5) is 0. The van der Waals surface area contributed by atoms with Gasteiger partial charge in [0.25, 0.3) is 0 Å². The Morgan fingerprint density at radius 3 is 2.71 bits per heavy atom. The monoisotopic (exact) mass is 488 g/mol. The summed E-state index contributed by atoms with van der Waals surface area (Å²) in [6.07, 6.45) is 3.16. The summed E-state index contributed by atoms with van der Waals surface area (Å²) in [5.74, 6) is 1.23. The lowest BCUT2D eigenvalue weighted by atomic mass is 10.2. The van der Waals surface area contributed by atoms with E-state index in [0.29, 0.717) is 8.95 Å². The van der Waals surface area contributed by atoms with Crippen LogP contribution in [0.1, 0.15) is 36.5 Å². The minimum Gasteiger partial charge on any atom is -0.506 e. The third kappa shape index (κ3) is 2.69. The maximum Gasteiger partial charge on any atom is 0.216 e. The molecular weight excluding hydrogens is 476 g/mol. The van der Waals surface area contributed by atoms with Gasteiger partial charge in [0.15, 0.2) is 5.82 Å². The Labute approximate surface area is 165 Å². The first-order valence-corrected chi connectivity index (χ1v) is 10.9. The van der Waals surface area contributed by atoms with Crippen LogP contribution in [-0.4, -0.2) is 20.0 Å². The molecular formula is C15H14Br2N4OS2. The molecule has 24 heavy (non-hydrogen) atoms. The Morgan fingerprint density at radius 1 is 1.25 bits per heavy atom. The number of unbranched alkanes of at least 4 members (excludes halogenated alkanes) is 1. The number of phenolic OH excluding ortho intramolecular Hbond substituents is 1. The molecule has 3 heterocycles. The third-order valence-corrected chi connectivity index (χ3v) is 7.31. The fourth-order valence-electron chi connectivity index (χ4n) is 2.73. The Hall–Kier alpha value is -0.640. The molecule has 1 atom stereocenters. The zero-order valence-electron chi connectivity index (χ0n) is 12.7. The molecule has 2 aliphatic rings. The van der Waals surface area contributed by atoms with E-state index in [1.54, 1.807) is 23.5 Å². The first-order valence-electron chi connectivity index (χ1n) is 7.55. The Balaban J connectivity index is 1.72. The van der Waals surface area contributed by atoms with Crippen molar-refractivity contribution in [1.82, 2.24) is 14.9 Å². The third-order valence-electron chi connectivity index (χ3n) is 3.91. The normalized spacial score (nSPS) is 18.7. The second kappa shape index (κ2) is 6.59. The summed E-state index contributed by atoms with van der Waals surface area (Å²) in [7, 11) is 0. The molecule has 4 rings (SSSR count). The standard InChI is InChI=1S/C15H14Br2N4OS2/c1-2-3-4-11-18-19-15-20(11)21-12(24-15)7-23-14(21)8-5-9(16)13(22)10(17)6-8/h5-7,14,22H,2-4H2,1H3. The van der Waals surface area contributed by atoms with Crippen molar-refractivity contribution >= 4 is 55.4 Å². The molecule has 1 aromatic carbocycles. The second-order valence-electron chi connectivity index (χ2n) is 5.54. The number of aromatic hydroxyl groups is 1. The maximum atomic E-state index is 9.97. The van der Waals surface area contributed by atoms with Gasteiger partial charge in [0.2, 0.25) is 5.16 Å². The molecule has 1 N–H and O–H groups in total. The van der Waals surface area contributed by atoms with Gasteiger partial charge in [-0.1, -0.05) is 25.1 Å². The van der Waals surface area contributed by atoms with Gasteiger partial charge in [0.05, 0.1) is 8.95 Å². The number of aryl methyl sites for hydroxylation is 1. The van der Waals surface area contributed by atoms with Crippen LogP contribution >= 0.6 is 55.4 Å². The number of fused-ring (bicyclic) bond motifs is 3. The van der Waals surface area contributed by atoms with Crippen LogP contribution in [0, 0.1) is 0 Å². The molecule has 0 saturated carbocycles. The number of hydrogen-bond acceptors (Lipinski definition) is 6. The van der Waals surface area contributed by atoms with E-state index in [9.17, 15) is 5.11 Å². The first kappa shape index (κ1) is 16.8. The topological polar surface area (TPSA) is 54.2 Å². The minimum atomic E-state index is 0.0957. The van der Waals surface area contributed by atoms with Gasteiger partial charge >= 0.3 is 0 Å². The van der Waals surface area contributed by atoms with Crippen molar-refractivity contribution in [1.29, 1.82) is 0 Å². The van der Waals surface area contributed by atoms with Crippen molar-refractivity contribution in [2.75, 3.05) is 5.01 Å². The van der Waals surface area contributed by atoms with E-state index >= 15 is 0 Å². The average Bonchev–Trinajstić information content (AvgIpc) is 3.21. The van der Waals surface area contributed by atoms with Gasteiger partial charge in [-0.05, 0) is 67.7 Å². The predicted octanol–water partition coefficient (Wildman–Crippen LogP) is 5.14. The molecule has 0 spiro atoms. The predicted molar refractivity (Wildman–Crippen MR) is 105 cm³/mol. The zero-order valence-corrected chi connectivity index (χ0v) is 17.5. The number of aromatic nitrogens is 3. The van der Waals surface area contributed by atoms with Gasteiger partial charge < -0.3 is 5.11 Å². The van der Waals surface area contributed by atoms with Gasteiger partial charge in [-0.25, -0.2) is 4.68 Å². The summed E-state index contributed by atoms with van der Waals surface area (Å²) >= 11 is 10.3. The summed E-state index contributed by atoms with van der Waals surface area (Å²) in [5.41, 5.74) is 1.10. The molecule has 5 nitrogen and oxygen atoms in total. The maximum absolute atomic E-state index is 9.97. The highest BCUT2D eigenvalue weighted by Gasteiger charge is 2.39. The molecule has 0 aliphatic carbocycles. The Bertz CT molecular complexity index is 816. The summed E-state index contributed by atoms with van der Waals surface area (Å²) < 4.78 is 3.51. The minimum absolute atomic E-state index is 0.0957. The van der Waals surface area contributed by atoms with E-state index in [1.807, 2.05) is 12.1 Å². The number of phenols is 1. The molecule has 1 aromatic heterocycles. The van der Waals surface area contributed by atoms with Crippen molar-refractivity contribution in [3.8, 4) is 5.75 Å². The van der Waals surface area contributed by atoms with E-state index in [1.165, 1.54) is 5.03 Å². The van der Waals surface area contributed by atoms with Crippen molar-refractivity contribution in [2.24, 2.45) is 0 Å². The van der Waals surface area contributed by atoms with Gasteiger partial charge in [0.1, 0.15) is 16.2 Å². The number of benzene rings is 1. The summed E-state index contributed by atoms with van der Waals surface area (Å²) in [5, 5.41) is 25.3. The number of thioether (sulfide) groups is 2. The molecule has 0 bridgehead atoms. The van der Waals surface area contributed by atoms with Crippen LogP contribution in [0.2, 0.25) is 0 Å². The largest absolute Gasteiger partial charge is 0.506 e. The van der Waals surface area contributed by atoms with E-state index < -0.39 is 0 Å². The Morgan fingerprint density at radius 2 is 2.00 bits per heavy atom.